The molecule has 0 radical (unpaired) electrons. The summed E-state index contributed by atoms with van der Waals surface area (Å²) in [6, 6.07) is 5.25. The highest BCUT2D eigenvalue weighted by atomic mass is 16.5. The maximum Gasteiger partial charge on any atom is 0.268 e. The van der Waals surface area contributed by atoms with Crippen LogP contribution < -0.4 is 5.56 Å². The summed E-state index contributed by atoms with van der Waals surface area (Å²) in [5.74, 6) is 0. The van der Waals surface area contributed by atoms with Crippen LogP contribution in [0.5, 0.6) is 0 Å². The van der Waals surface area contributed by atoms with Gasteiger partial charge in [-0.15, -0.1) is 0 Å². The van der Waals surface area contributed by atoms with Gasteiger partial charge in [0.05, 0.1) is 18.2 Å². The van der Waals surface area contributed by atoms with E-state index in [-0.39, 0.29) is 22.8 Å². The number of ether oxygens (including phenoxy) is 1. The maximum atomic E-state index is 12.0. The molecule has 4 heteroatoms. The molecule has 3 rings (SSSR count). The van der Waals surface area contributed by atoms with Gasteiger partial charge in [0.2, 0.25) is 0 Å². The minimum absolute atomic E-state index is 0.0983. The highest BCUT2D eigenvalue weighted by Gasteiger charge is 2.42. The number of hydrogen-bond acceptors (Lipinski definition) is 3. The van der Waals surface area contributed by atoms with E-state index >= 15 is 0 Å². The van der Waals surface area contributed by atoms with E-state index in [1.54, 1.807) is 22.9 Å². The Kier molecular flexibility index (Phi) is 3.16. The summed E-state index contributed by atoms with van der Waals surface area (Å²) in [7, 11) is 0. The molecule has 19 heavy (non-hydrogen) atoms. The largest absolute Gasteiger partial charge is 0.370 e. The Bertz CT molecular complexity index is 564. The fourth-order valence-electron chi connectivity index (χ4n) is 3.40. The molecule has 1 aliphatic carbocycles. The summed E-state index contributed by atoms with van der Waals surface area (Å²) in [5, 5.41) is 8.88. The molecule has 100 valence electrons. The van der Waals surface area contributed by atoms with Gasteiger partial charge in [-0.1, -0.05) is 12.8 Å². The fraction of sp³-hybridized carbons (Fsp3) is 0.600. The number of pyridine rings is 1. The van der Waals surface area contributed by atoms with Gasteiger partial charge in [0.1, 0.15) is 11.6 Å². The first kappa shape index (κ1) is 12.4. The third-order valence-electron chi connectivity index (χ3n) is 4.39. The van der Waals surface area contributed by atoms with Gasteiger partial charge in [0.15, 0.2) is 0 Å². The van der Waals surface area contributed by atoms with Crippen LogP contribution in [0.3, 0.4) is 0 Å². The molecule has 2 aliphatic rings. The zero-order valence-electron chi connectivity index (χ0n) is 11.0. The van der Waals surface area contributed by atoms with E-state index in [4.69, 9.17) is 10.00 Å². The molecule has 1 atom stereocenters. The second kappa shape index (κ2) is 4.82. The van der Waals surface area contributed by atoms with Crippen LogP contribution in [0.2, 0.25) is 0 Å². The van der Waals surface area contributed by atoms with Gasteiger partial charge in [0.25, 0.3) is 5.56 Å². The molecule has 1 aromatic heterocycles. The van der Waals surface area contributed by atoms with E-state index in [0.29, 0.717) is 6.54 Å². The van der Waals surface area contributed by atoms with Crippen LogP contribution in [0.4, 0.5) is 0 Å². The zero-order chi connectivity index (χ0) is 13.3. The predicted molar refractivity (Wildman–Crippen MR) is 70.7 cm³/mol. The van der Waals surface area contributed by atoms with Crippen LogP contribution in [0, 0.1) is 11.3 Å². The van der Waals surface area contributed by atoms with Gasteiger partial charge < -0.3 is 9.30 Å². The lowest BCUT2D eigenvalue weighted by Crippen LogP contribution is -2.30. The lowest BCUT2D eigenvalue weighted by Gasteiger charge is -2.24. The van der Waals surface area contributed by atoms with E-state index in [2.05, 4.69) is 0 Å². The average Bonchev–Trinajstić information content (AvgIpc) is 3.03. The number of hydrogen-bond donors (Lipinski definition) is 0. The third-order valence-corrected chi connectivity index (χ3v) is 4.39. The number of aromatic nitrogens is 1. The van der Waals surface area contributed by atoms with E-state index in [9.17, 15) is 4.79 Å². The maximum absolute atomic E-state index is 12.0. The van der Waals surface area contributed by atoms with E-state index in [1.165, 1.54) is 12.8 Å². The molecule has 0 N–H and O–H groups in total. The summed E-state index contributed by atoms with van der Waals surface area (Å²) in [6.07, 6.45) is 8.84. The fourth-order valence-corrected chi connectivity index (χ4v) is 3.40. The Morgan fingerprint density at radius 2 is 2.21 bits per heavy atom. The van der Waals surface area contributed by atoms with Gasteiger partial charge in [-0.25, -0.2) is 0 Å². The molecule has 0 aromatic carbocycles. The summed E-state index contributed by atoms with van der Waals surface area (Å²) < 4.78 is 7.81. The summed E-state index contributed by atoms with van der Waals surface area (Å²) in [6.45, 7) is 0.566. The molecule has 4 nitrogen and oxygen atoms in total. The van der Waals surface area contributed by atoms with Crippen molar-refractivity contribution in [1.82, 2.24) is 4.57 Å². The standard InChI is InChI=1S/C15H18N2O2/c16-10-12-4-3-9-17(14(12)18)11-13-5-8-15(19-13)6-1-2-7-15/h3-4,9,13H,1-2,5-8,11H2. The van der Waals surface area contributed by atoms with Crippen molar-refractivity contribution in [3.05, 3.63) is 34.2 Å². The first-order valence-corrected chi connectivity index (χ1v) is 7.00. The van der Waals surface area contributed by atoms with Crippen molar-refractivity contribution in [3.8, 4) is 6.07 Å². The van der Waals surface area contributed by atoms with Gasteiger partial charge in [-0.3, -0.25) is 4.79 Å². The molecule has 2 heterocycles. The SMILES string of the molecule is N#Cc1cccn(CC2CCC3(CCCC3)O2)c1=O. The van der Waals surface area contributed by atoms with Crippen LogP contribution in [0.25, 0.3) is 0 Å². The second-order valence-corrected chi connectivity index (χ2v) is 5.66. The van der Waals surface area contributed by atoms with Crippen LogP contribution >= 0.6 is 0 Å². The van der Waals surface area contributed by atoms with Gasteiger partial charge >= 0.3 is 0 Å². The summed E-state index contributed by atoms with van der Waals surface area (Å²) >= 11 is 0. The molecule has 0 amide bonds. The molecule has 1 aromatic rings. The van der Waals surface area contributed by atoms with Crippen molar-refractivity contribution >= 4 is 0 Å². The third kappa shape index (κ3) is 2.31. The van der Waals surface area contributed by atoms with Crippen molar-refractivity contribution in [1.29, 1.82) is 5.26 Å². The van der Waals surface area contributed by atoms with Crippen LogP contribution in [-0.2, 0) is 11.3 Å². The zero-order valence-corrected chi connectivity index (χ0v) is 11.0. The molecular weight excluding hydrogens is 240 g/mol. The first-order valence-electron chi connectivity index (χ1n) is 7.00. The summed E-state index contributed by atoms with van der Waals surface area (Å²) in [5.41, 5.74) is 0.0956. The lowest BCUT2D eigenvalue weighted by molar-refractivity contribution is -0.0421. The monoisotopic (exact) mass is 258 g/mol. The van der Waals surface area contributed by atoms with Crippen molar-refractivity contribution in [3.63, 3.8) is 0 Å². The molecule has 1 spiro atoms. The van der Waals surface area contributed by atoms with Gasteiger partial charge in [0, 0.05) is 6.20 Å². The first-order chi connectivity index (χ1) is 9.22. The molecule has 2 fully saturated rings. The highest BCUT2D eigenvalue weighted by molar-refractivity contribution is 5.25. The smallest absolute Gasteiger partial charge is 0.268 e. The molecule has 1 unspecified atom stereocenters. The Labute approximate surface area is 112 Å². The topological polar surface area (TPSA) is 55.0 Å². The Balaban J connectivity index is 1.73. The van der Waals surface area contributed by atoms with E-state index in [1.807, 2.05) is 6.07 Å². The van der Waals surface area contributed by atoms with Crippen LogP contribution in [0.15, 0.2) is 23.1 Å². The van der Waals surface area contributed by atoms with Crippen molar-refractivity contribution in [2.75, 3.05) is 0 Å². The van der Waals surface area contributed by atoms with Gasteiger partial charge in [-0.2, -0.15) is 5.26 Å². The highest BCUT2D eigenvalue weighted by Crippen LogP contribution is 2.43. The van der Waals surface area contributed by atoms with Crippen molar-refractivity contribution in [2.24, 2.45) is 0 Å². The number of nitrogens with zero attached hydrogens (tertiary/aromatic N) is 2. The lowest BCUT2D eigenvalue weighted by atomic mass is 9.98. The second-order valence-electron chi connectivity index (χ2n) is 5.66. The molecule has 1 saturated heterocycles. The predicted octanol–water partition coefficient (Wildman–Crippen LogP) is 2.21. The minimum atomic E-state index is -0.207. The molecule has 0 bridgehead atoms. The number of rotatable bonds is 2. The van der Waals surface area contributed by atoms with Crippen LogP contribution in [-0.4, -0.2) is 16.3 Å². The normalized spacial score (nSPS) is 24.7. The van der Waals surface area contributed by atoms with Crippen LogP contribution in [0.1, 0.15) is 44.1 Å². The van der Waals surface area contributed by atoms with E-state index in [0.717, 1.165) is 25.7 Å². The van der Waals surface area contributed by atoms with E-state index < -0.39 is 0 Å². The average molecular weight is 258 g/mol. The Morgan fingerprint density at radius 1 is 1.42 bits per heavy atom. The molecular formula is C15H18N2O2. The van der Waals surface area contributed by atoms with Crippen molar-refractivity contribution in [2.45, 2.75) is 56.8 Å². The Morgan fingerprint density at radius 3 is 2.95 bits per heavy atom. The minimum Gasteiger partial charge on any atom is -0.370 e. The number of nitriles is 1. The van der Waals surface area contributed by atoms with Gasteiger partial charge in [-0.05, 0) is 37.8 Å². The summed E-state index contributed by atoms with van der Waals surface area (Å²) in [4.78, 5) is 12.0. The molecule has 1 aliphatic heterocycles. The van der Waals surface area contributed by atoms with Crippen molar-refractivity contribution < 1.29 is 4.74 Å². The Hall–Kier alpha value is -1.60. The molecule has 1 saturated carbocycles. The quantitative estimate of drug-likeness (QED) is 0.817.